The fourth-order valence-corrected chi connectivity index (χ4v) is 2.55. The molecule has 0 aromatic carbocycles. The summed E-state index contributed by atoms with van der Waals surface area (Å²) in [4.78, 5) is 13.7. The molecule has 5 heteroatoms. The fourth-order valence-electron chi connectivity index (χ4n) is 2.55. The maximum absolute atomic E-state index is 11.4. The zero-order valence-electron chi connectivity index (χ0n) is 13.2. The molecule has 1 fully saturated rings. The summed E-state index contributed by atoms with van der Waals surface area (Å²) in [5, 5.41) is 12.6. The standard InChI is InChI=1S/C15H30N2O3/c1-4-8-16-15(2,14(18)19)7-9-17(3)12-13-5-10-20-11-6-13/h13,16H,4-12H2,1-3H3,(H,18,19). The Hall–Kier alpha value is -0.650. The third-order valence-corrected chi connectivity index (χ3v) is 4.14. The molecule has 20 heavy (non-hydrogen) atoms. The molecule has 1 atom stereocenters. The van der Waals surface area contributed by atoms with Gasteiger partial charge in [-0.15, -0.1) is 0 Å². The second-order valence-electron chi connectivity index (χ2n) is 6.13. The van der Waals surface area contributed by atoms with Crippen LogP contribution >= 0.6 is 0 Å². The summed E-state index contributed by atoms with van der Waals surface area (Å²) >= 11 is 0. The third-order valence-electron chi connectivity index (χ3n) is 4.14. The van der Waals surface area contributed by atoms with Gasteiger partial charge >= 0.3 is 5.97 Å². The highest BCUT2D eigenvalue weighted by Gasteiger charge is 2.32. The summed E-state index contributed by atoms with van der Waals surface area (Å²) in [5.41, 5.74) is -0.819. The number of carboxylic acids is 1. The average Bonchev–Trinajstić information content (AvgIpc) is 2.44. The minimum absolute atomic E-state index is 0.627. The smallest absolute Gasteiger partial charge is 0.323 e. The lowest BCUT2D eigenvalue weighted by atomic mass is 9.96. The van der Waals surface area contributed by atoms with E-state index in [2.05, 4.69) is 17.3 Å². The molecule has 1 saturated heterocycles. The zero-order chi connectivity index (χ0) is 15.0. The Bertz CT molecular complexity index is 293. The van der Waals surface area contributed by atoms with Gasteiger partial charge in [-0.05, 0) is 52.1 Å². The monoisotopic (exact) mass is 286 g/mol. The lowest BCUT2D eigenvalue weighted by molar-refractivity contribution is -0.144. The molecule has 2 N–H and O–H groups in total. The maximum Gasteiger partial charge on any atom is 0.323 e. The largest absolute Gasteiger partial charge is 0.480 e. The van der Waals surface area contributed by atoms with Crippen molar-refractivity contribution in [3.8, 4) is 0 Å². The van der Waals surface area contributed by atoms with Gasteiger partial charge in [-0.2, -0.15) is 0 Å². The van der Waals surface area contributed by atoms with Crippen LogP contribution < -0.4 is 5.32 Å². The van der Waals surface area contributed by atoms with Crippen LogP contribution in [0.4, 0.5) is 0 Å². The van der Waals surface area contributed by atoms with E-state index in [1.807, 2.05) is 6.92 Å². The Balaban J connectivity index is 2.35. The number of hydrogen-bond donors (Lipinski definition) is 2. The first-order chi connectivity index (χ1) is 9.48. The number of nitrogens with one attached hydrogen (secondary N) is 1. The number of hydrogen-bond acceptors (Lipinski definition) is 4. The van der Waals surface area contributed by atoms with E-state index in [1.165, 1.54) is 0 Å². The van der Waals surface area contributed by atoms with E-state index in [1.54, 1.807) is 6.92 Å². The van der Waals surface area contributed by atoms with Crippen molar-refractivity contribution in [3.63, 3.8) is 0 Å². The first-order valence-electron chi connectivity index (χ1n) is 7.72. The van der Waals surface area contributed by atoms with Gasteiger partial charge in [0.25, 0.3) is 0 Å². The van der Waals surface area contributed by atoms with Gasteiger partial charge in [0.2, 0.25) is 0 Å². The number of nitrogens with zero attached hydrogens (tertiary/aromatic N) is 1. The summed E-state index contributed by atoms with van der Waals surface area (Å²) in [7, 11) is 2.08. The molecular weight excluding hydrogens is 256 g/mol. The highest BCUT2D eigenvalue weighted by atomic mass is 16.5. The van der Waals surface area contributed by atoms with E-state index in [0.29, 0.717) is 12.3 Å². The first-order valence-corrected chi connectivity index (χ1v) is 7.72. The molecule has 1 rings (SSSR count). The molecule has 0 saturated carbocycles. The maximum atomic E-state index is 11.4. The number of carboxylic acid groups (broad SMARTS) is 1. The van der Waals surface area contributed by atoms with Crippen molar-refractivity contribution in [1.29, 1.82) is 0 Å². The highest BCUT2D eigenvalue weighted by Crippen LogP contribution is 2.17. The average molecular weight is 286 g/mol. The van der Waals surface area contributed by atoms with E-state index in [4.69, 9.17) is 4.74 Å². The normalized spacial score (nSPS) is 20.0. The molecule has 0 amide bonds. The van der Waals surface area contributed by atoms with Crippen molar-refractivity contribution in [1.82, 2.24) is 10.2 Å². The van der Waals surface area contributed by atoms with Gasteiger partial charge in [0.15, 0.2) is 0 Å². The molecule has 1 aliphatic heterocycles. The number of rotatable bonds is 9. The summed E-state index contributed by atoms with van der Waals surface area (Å²) in [5.74, 6) is -0.0705. The number of carbonyl (C=O) groups is 1. The minimum atomic E-state index is -0.819. The van der Waals surface area contributed by atoms with Gasteiger partial charge < -0.3 is 20.1 Å². The molecule has 0 aliphatic carbocycles. The summed E-state index contributed by atoms with van der Waals surface area (Å²) < 4.78 is 5.37. The number of aliphatic carboxylic acids is 1. The minimum Gasteiger partial charge on any atom is -0.480 e. The van der Waals surface area contributed by atoms with Crippen molar-refractivity contribution >= 4 is 5.97 Å². The van der Waals surface area contributed by atoms with Gasteiger partial charge in [-0.3, -0.25) is 4.79 Å². The highest BCUT2D eigenvalue weighted by molar-refractivity contribution is 5.78. The molecule has 0 aromatic heterocycles. The first kappa shape index (κ1) is 17.4. The summed E-state index contributed by atoms with van der Waals surface area (Å²) in [6.45, 7) is 8.14. The Morgan fingerprint density at radius 3 is 2.65 bits per heavy atom. The third kappa shape index (κ3) is 5.77. The van der Waals surface area contributed by atoms with E-state index in [9.17, 15) is 9.90 Å². The van der Waals surface area contributed by atoms with Crippen LogP contribution in [0, 0.1) is 5.92 Å². The van der Waals surface area contributed by atoms with Gasteiger partial charge in [0.1, 0.15) is 5.54 Å². The molecule has 0 bridgehead atoms. The van der Waals surface area contributed by atoms with E-state index < -0.39 is 11.5 Å². The lowest BCUT2D eigenvalue weighted by Crippen LogP contribution is -2.51. The Morgan fingerprint density at radius 2 is 2.10 bits per heavy atom. The van der Waals surface area contributed by atoms with E-state index >= 15 is 0 Å². The molecule has 1 heterocycles. The quantitative estimate of drug-likeness (QED) is 0.674. The van der Waals surface area contributed by atoms with E-state index in [0.717, 1.165) is 52.1 Å². The summed E-state index contributed by atoms with van der Waals surface area (Å²) in [6.07, 6.45) is 3.81. The van der Waals surface area contributed by atoms with Crippen molar-refractivity contribution < 1.29 is 14.6 Å². The van der Waals surface area contributed by atoms with Gasteiger partial charge in [-0.25, -0.2) is 0 Å². The van der Waals surface area contributed by atoms with Crippen LogP contribution in [-0.4, -0.2) is 61.4 Å². The molecule has 0 radical (unpaired) electrons. The molecule has 0 spiro atoms. The fraction of sp³-hybridized carbons (Fsp3) is 0.933. The van der Waals surface area contributed by atoms with Crippen LogP contribution in [0.2, 0.25) is 0 Å². The van der Waals surface area contributed by atoms with Crippen LogP contribution in [0.3, 0.4) is 0 Å². The van der Waals surface area contributed by atoms with Crippen LogP contribution in [0.5, 0.6) is 0 Å². The lowest BCUT2D eigenvalue weighted by Gasteiger charge is -2.31. The number of ether oxygens (including phenoxy) is 1. The van der Waals surface area contributed by atoms with Gasteiger partial charge in [0.05, 0.1) is 0 Å². The van der Waals surface area contributed by atoms with Crippen molar-refractivity contribution in [2.24, 2.45) is 5.92 Å². The van der Waals surface area contributed by atoms with Crippen LogP contribution in [0.25, 0.3) is 0 Å². The van der Waals surface area contributed by atoms with E-state index in [-0.39, 0.29) is 0 Å². The summed E-state index contributed by atoms with van der Waals surface area (Å²) in [6, 6.07) is 0. The molecular formula is C15H30N2O3. The van der Waals surface area contributed by atoms with Crippen molar-refractivity contribution in [2.45, 2.75) is 45.1 Å². The molecule has 1 aliphatic rings. The Kier molecular flexibility index (Phi) is 7.48. The van der Waals surface area contributed by atoms with Crippen LogP contribution in [0.15, 0.2) is 0 Å². The Morgan fingerprint density at radius 1 is 1.45 bits per heavy atom. The zero-order valence-corrected chi connectivity index (χ0v) is 13.2. The topological polar surface area (TPSA) is 61.8 Å². The van der Waals surface area contributed by atoms with Gasteiger partial charge in [-0.1, -0.05) is 6.92 Å². The second kappa shape index (κ2) is 8.60. The molecule has 118 valence electrons. The molecule has 0 aromatic rings. The van der Waals surface area contributed by atoms with Crippen LogP contribution in [0.1, 0.15) is 39.5 Å². The van der Waals surface area contributed by atoms with Crippen molar-refractivity contribution in [3.05, 3.63) is 0 Å². The SMILES string of the molecule is CCCNC(C)(CCN(C)CC1CCOCC1)C(=O)O. The Labute approximate surface area is 122 Å². The predicted octanol–water partition coefficient (Wildman–Crippen LogP) is 1.58. The predicted molar refractivity (Wildman–Crippen MR) is 80.0 cm³/mol. The van der Waals surface area contributed by atoms with Crippen LogP contribution in [-0.2, 0) is 9.53 Å². The molecule has 5 nitrogen and oxygen atoms in total. The molecule has 1 unspecified atom stereocenters. The van der Waals surface area contributed by atoms with Gasteiger partial charge in [0, 0.05) is 26.3 Å². The second-order valence-corrected chi connectivity index (χ2v) is 6.13. The van der Waals surface area contributed by atoms with Crippen molar-refractivity contribution in [2.75, 3.05) is 39.9 Å².